The summed E-state index contributed by atoms with van der Waals surface area (Å²) in [7, 11) is 1.69. The lowest BCUT2D eigenvalue weighted by molar-refractivity contribution is 0.188. The average molecular weight is 365 g/mol. The normalized spacial score (nSPS) is 11.1. The molecule has 3 rings (SSSR count). The van der Waals surface area contributed by atoms with Gasteiger partial charge >= 0.3 is 6.03 Å². The molecule has 2 amide bonds. The van der Waals surface area contributed by atoms with Crippen LogP contribution in [0.5, 0.6) is 0 Å². The monoisotopic (exact) mass is 365 g/mol. The van der Waals surface area contributed by atoms with Gasteiger partial charge < -0.3 is 19.5 Å². The van der Waals surface area contributed by atoms with Crippen LogP contribution in [-0.4, -0.2) is 35.3 Å². The van der Waals surface area contributed by atoms with E-state index in [0.29, 0.717) is 13.2 Å². The first kappa shape index (κ1) is 19.0. The third-order valence-electron chi connectivity index (χ3n) is 4.65. The molecule has 5 nitrogen and oxygen atoms in total. The van der Waals surface area contributed by atoms with Crippen LogP contribution in [0.3, 0.4) is 0 Å². The van der Waals surface area contributed by atoms with E-state index in [4.69, 9.17) is 4.74 Å². The average Bonchev–Trinajstić information content (AvgIpc) is 3.02. The maximum absolute atomic E-state index is 13.0. The summed E-state index contributed by atoms with van der Waals surface area (Å²) in [4.78, 5) is 14.9. The second-order valence-electron chi connectivity index (χ2n) is 6.88. The van der Waals surface area contributed by atoms with E-state index in [1.54, 1.807) is 7.11 Å². The smallest absolute Gasteiger partial charge is 0.322 e. The molecule has 0 saturated carbocycles. The van der Waals surface area contributed by atoms with Crippen LogP contribution in [0.1, 0.15) is 19.4 Å². The van der Waals surface area contributed by atoms with Crippen LogP contribution in [0.15, 0.2) is 60.8 Å². The Kier molecular flexibility index (Phi) is 6.14. The minimum Gasteiger partial charge on any atom is -0.383 e. The molecule has 3 aromatic rings. The summed E-state index contributed by atoms with van der Waals surface area (Å²) >= 11 is 0. The lowest BCUT2D eigenvalue weighted by atomic mass is 10.2. The van der Waals surface area contributed by atoms with Crippen molar-refractivity contribution in [2.75, 3.05) is 19.0 Å². The second-order valence-corrected chi connectivity index (χ2v) is 6.88. The van der Waals surface area contributed by atoms with E-state index in [1.807, 2.05) is 73.5 Å². The van der Waals surface area contributed by atoms with E-state index in [9.17, 15) is 4.79 Å². The highest BCUT2D eigenvalue weighted by molar-refractivity contribution is 6.01. The highest BCUT2D eigenvalue weighted by atomic mass is 16.5. The summed E-state index contributed by atoms with van der Waals surface area (Å²) < 4.78 is 7.32. The molecule has 1 N–H and O–H groups in total. The number of amides is 2. The van der Waals surface area contributed by atoms with Gasteiger partial charge in [-0.1, -0.05) is 48.5 Å². The number of benzene rings is 2. The second kappa shape index (κ2) is 8.73. The Labute approximate surface area is 160 Å². The van der Waals surface area contributed by atoms with Gasteiger partial charge in [0.15, 0.2) is 0 Å². The maximum Gasteiger partial charge on any atom is 0.322 e. The van der Waals surface area contributed by atoms with Gasteiger partial charge in [-0.05, 0) is 25.5 Å². The van der Waals surface area contributed by atoms with Crippen molar-refractivity contribution in [2.24, 2.45) is 0 Å². The Hall–Kier alpha value is -2.79. The molecule has 0 unspecified atom stereocenters. The number of nitrogens with zero attached hydrogens (tertiary/aromatic N) is 2. The Balaban J connectivity index is 1.83. The summed E-state index contributed by atoms with van der Waals surface area (Å²) in [5.74, 6) is 0. The van der Waals surface area contributed by atoms with Crippen molar-refractivity contribution in [1.29, 1.82) is 0 Å². The van der Waals surface area contributed by atoms with Gasteiger partial charge in [-0.3, -0.25) is 0 Å². The van der Waals surface area contributed by atoms with Gasteiger partial charge in [0.05, 0.1) is 17.8 Å². The molecule has 0 aliphatic heterocycles. The molecule has 2 aromatic carbocycles. The molecule has 0 atom stereocenters. The lowest BCUT2D eigenvalue weighted by Crippen LogP contribution is -2.39. The first-order chi connectivity index (χ1) is 13.1. The van der Waals surface area contributed by atoms with Gasteiger partial charge in [0.2, 0.25) is 0 Å². The van der Waals surface area contributed by atoms with Gasteiger partial charge in [-0.25, -0.2) is 4.79 Å². The lowest BCUT2D eigenvalue weighted by Gasteiger charge is -2.27. The van der Waals surface area contributed by atoms with Crippen LogP contribution in [0.4, 0.5) is 10.5 Å². The van der Waals surface area contributed by atoms with Crippen LogP contribution < -0.4 is 5.32 Å². The number of nitrogens with one attached hydrogen (secondary N) is 1. The minimum absolute atomic E-state index is 0.0899. The van der Waals surface area contributed by atoms with Gasteiger partial charge in [-0.15, -0.1) is 0 Å². The van der Waals surface area contributed by atoms with E-state index in [-0.39, 0.29) is 12.1 Å². The first-order valence-electron chi connectivity index (χ1n) is 9.28. The molecular formula is C22H27N3O2. The first-order valence-corrected chi connectivity index (χ1v) is 9.28. The molecule has 0 radical (unpaired) electrons. The summed E-state index contributed by atoms with van der Waals surface area (Å²) in [6.45, 7) is 6.00. The minimum atomic E-state index is -0.0940. The highest BCUT2D eigenvalue weighted by Crippen LogP contribution is 2.26. The SMILES string of the molecule is COCCn1cc(NC(=O)N(Cc2ccccc2)C(C)C)c2ccccc21. The predicted octanol–water partition coefficient (Wildman–Crippen LogP) is 4.73. The van der Waals surface area contributed by atoms with Crippen molar-refractivity contribution in [1.82, 2.24) is 9.47 Å². The summed E-state index contributed by atoms with van der Waals surface area (Å²) in [5.41, 5.74) is 3.03. The third kappa shape index (κ3) is 4.49. The Morgan fingerprint density at radius 1 is 1.11 bits per heavy atom. The van der Waals surface area contributed by atoms with Gasteiger partial charge in [0.1, 0.15) is 0 Å². The predicted molar refractivity (Wildman–Crippen MR) is 110 cm³/mol. The van der Waals surface area contributed by atoms with Crippen LogP contribution in [-0.2, 0) is 17.8 Å². The number of carbonyl (C=O) groups excluding carboxylic acids is 1. The van der Waals surface area contributed by atoms with Gasteiger partial charge in [-0.2, -0.15) is 0 Å². The van der Waals surface area contributed by atoms with E-state index in [1.165, 1.54) is 0 Å². The molecular weight excluding hydrogens is 338 g/mol. The molecule has 0 aliphatic carbocycles. The van der Waals surface area contributed by atoms with E-state index < -0.39 is 0 Å². The number of hydrogen-bond donors (Lipinski definition) is 1. The van der Waals surface area contributed by atoms with Gasteiger partial charge in [0.25, 0.3) is 0 Å². The topological polar surface area (TPSA) is 46.5 Å². The molecule has 1 heterocycles. The van der Waals surface area contributed by atoms with Crippen LogP contribution in [0.2, 0.25) is 0 Å². The van der Waals surface area contributed by atoms with Crippen LogP contribution in [0, 0.1) is 0 Å². The fourth-order valence-corrected chi connectivity index (χ4v) is 3.18. The van der Waals surface area contributed by atoms with Crippen molar-refractivity contribution in [3.63, 3.8) is 0 Å². The van der Waals surface area contributed by atoms with Crippen molar-refractivity contribution >= 4 is 22.6 Å². The Morgan fingerprint density at radius 2 is 1.81 bits per heavy atom. The van der Waals surface area contributed by atoms with Crippen molar-refractivity contribution in [2.45, 2.75) is 33.0 Å². The third-order valence-corrected chi connectivity index (χ3v) is 4.65. The van der Waals surface area contributed by atoms with Crippen molar-refractivity contribution in [3.8, 4) is 0 Å². The number of ether oxygens (including phenoxy) is 1. The molecule has 0 spiro atoms. The molecule has 0 aliphatic rings. The maximum atomic E-state index is 13.0. The molecule has 0 fully saturated rings. The number of fused-ring (bicyclic) bond motifs is 1. The zero-order valence-corrected chi connectivity index (χ0v) is 16.2. The number of hydrogen-bond acceptors (Lipinski definition) is 2. The van der Waals surface area contributed by atoms with Crippen LogP contribution >= 0.6 is 0 Å². The summed E-state index contributed by atoms with van der Waals surface area (Å²) in [6.07, 6.45) is 1.99. The molecule has 1 aromatic heterocycles. The summed E-state index contributed by atoms with van der Waals surface area (Å²) in [5, 5.41) is 4.14. The standard InChI is InChI=1S/C22H27N3O2/c1-17(2)25(15-18-9-5-4-6-10-18)22(26)23-20-16-24(13-14-27-3)21-12-8-7-11-19(20)21/h4-12,16-17H,13-15H2,1-3H3,(H,23,26). The molecule has 0 saturated heterocycles. The highest BCUT2D eigenvalue weighted by Gasteiger charge is 2.19. The number of rotatable bonds is 7. The fraction of sp³-hybridized carbons (Fsp3) is 0.318. The fourth-order valence-electron chi connectivity index (χ4n) is 3.18. The number of anilines is 1. The molecule has 27 heavy (non-hydrogen) atoms. The van der Waals surface area contributed by atoms with Crippen molar-refractivity contribution < 1.29 is 9.53 Å². The van der Waals surface area contributed by atoms with E-state index in [2.05, 4.69) is 16.0 Å². The molecule has 142 valence electrons. The number of methoxy groups -OCH3 is 1. The number of urea groups is 1. The van der Waals surface area contributed by atoms with E-state index in [0.717, 1.165) is 28.7 Å². The Bertz CT molecular complexity index is 887. The van der Waals surface area contributed by atoms with Gasteiger partial charge in [0, 0.05) is 37.8 Å². The largest absolute Gasteiger partial charge is 0.383 e. The van der Waals surface area contributed by atoms with Crippen LogP contribution in [0.25, 0.3) is 10.9 Å². The number of aromatic nitrogens is 1. The van der Waals surface area contributed by atoms with E-state index >= 15 is 0 Å². The number of carbonyl (C=O) groups is 1. The zero-order valence-electron chi connectivity index (χ0n) is 16.2. The number of para-hydroxylation sites is 1. The zero-order chi connectivity index (χ0) is 19.2. The molecule has 5 heteroatoms. The molecule has 0 bridgehead atoms. The summed E-state index contributed by atoms with van der Waals surface area (Å²) in [6, 6.07) is 18.1. The quantitative estimate of drug-likeness (QED) is 0.658. The Morgan fingerprint density at radius 3 is 2.52 bits per heavy atom. The van der Waals surface area contributed by atoms with Crippen molar-refractivity contribution in [3.05, 3.63) is 66.4 Å².